The molecule has 2 N–H and O–H groups in total. The van der Waals surface area contributed by atoms with Crippen LogP contribution in [0.1, 0.15) is 5.56 Å². The van der Waals surface area contributed by atoms with Gasteiger partial charge in [-0.05, 0) is 42.8 Å². The Kier molecular flexibility index (Phi) is 3.56. The van der Waals surface area contributed by atoms with Gasteiger partial charge in [0.1, 0.15) is 0 Å². The Hall–Kier alpha value is -0.930. The first-order valence-electron chi connectivity index (χ1n) is 4.95. The fourth-order valence-corrected chi connectivity index (χ4v) is 2.95. The first-order valence-corrected chi connectivity index (χ1v) is 6.56. The van der Waals surface area contributed by atoms with E-state index in [0.717, 1.165) is 15.7 Å². The Morgan fingerprint density at radius 1 is 1.12 bits per heavy atom. The van der Waals surface area contributed by atoms with Crippen molar-refractivity contribution in [3.05, 3.63) is 52.5 Å². The van der Waals surface area contributed by atoms with Crippen LogP contribution in [0.3, 0.4) is 0 Å². The maximum absolute atomic E-state index is 5.88. The zero-order chi connectivity index (χ0) is 11.5. The molecule has 0 aliphatic rings. The maximum Gasteiger partial charge on any atom is 0.0355 e. The zero-order valence-electron chi connectivity index (χ0n) is 8.91. The van der Waals surface area contributed by atoms with Gasteiger partial charge in [0.2, 0.25) is 0 Å². The lowest BCUT2D eigenvalue weighted by atomic mass is 10.2. The minimum atomic E-state index is 0.847. The van der Waals surface area contributed by atoms with E-state index in [2.05, 4.69) is 41.1 Å². The van der Waals surface area contributed by atoms with E-state index < -0.39 is 0 Å². The van der Waals surface area contributed by atoms with Crippen LogP contribution in [0.2, 0.25) is 0 Å². The lowest BCUT2D eigenvalue weighted by Gasteiger charge is -2.07. The number of nitrogen functional groups attached to an aromatic ring is 1. The third kappa shape index (κ3) is 2.60. The van der Waals surface area contributed by atoms with Crippen LogP contribution in [-0.4, -0.2) is 0 Å². The summed E-state index contributed by atoms with van der Waals surface area (Å²) < 4.78 is 1.10. The van der Waals surface area contributed by atoms with Crippen molar-refractivity contribution in [3.63, 3.8) is 0 Å². The second-order valence-corrected chi connectivity index (χ2v) is 5.56. The third-order valence-electron chi connectivity index (χ3n) is 2.35. The average Bonchev–Trinajstić information content (AvgIpc) is 2.25. The fourth-order valence-electron chi connectivity index (χ4n) is 1.40. The average molecular weight is 294 g/mol. The first kappa shape index (κ1) is 11.6. The molecule has 0 heterocycles. The van der Waals surface area contributed by atoms with Gasteiger partial charge in [-0.15, -0.1) is 0 Å². The highest BCUT2D eigenvalue weighted by Gasteiger charge is 2.03. The van der Waals surface area contributed by atoms with Gasteiger partial charge in [0.15, 0.2) is 0 Å². The molecule has 0 radical (unpaired) electrons. The highest BCUT2D eigenvalue weighted by molar-refractivity contribution is 9.10. The van der Waals surface area contributed by atoms with Crippen LogP contribution in [0.5, 0.6) is 0 Å². The van der Waals surface area contributed by atoms with E-state index in [0.29, 0.717) is 0 Å². The maximum atomic E-state index is 5.88. The molecule has 0 aliphatic heterocycles. The van der Waals surface area contributed by atoms with Crippen LogP contribution in [-0.2, 0) is 0 Å². The molecule has 0 saturated heterocycles. The number of hydrogen-bond acceptors (Lipinski definition) is 2. The predicted molar refractivity (Wildman–Crippen MR) is 73.9 cm³/mol. The summed E-state index contributed by atoms with van der Waals surface area (Å²) in [5.41, 5.74) is 7.87. The first-order chi connectivity index (χ1) is 7.66. The minimum absolute atomic E-state index is 0.847. The van der Waals surface area contributed by atoms with Gasteiger partial charge in [-0.1, -0.05) is 39.8 Å². The summed E-state index contributed by atoms with van der Waals surface area (Å²) in [6.45, 7) is 2.05. The molecule has 0 atom stereocenters. The van der Waals surface area contributed by atoms with Crippen molar-refractivity contribution in [1.82, 2.24) is 0 Å². The number of anilines is 1. The summed E-state index contributed by atoms with van der Waals surface area (Å²) >= 11 is 5.20. The molecule has 2 aromatic rings. The summed E-state index contributed by atoms with van der Waals surface area (Å²) in [4.78, 5) is 2.42. The van der Waals surface area contributed by atoms with Crippen molar-refractivity contribution in [3.8, 4) is 0 Å². The Morgan fingerprint density at radius 3 is 2.62 bits per heavy atom. The molecule has 0 bridgehead atoms. The predicted octanol–water partition coefficient (Wildman–Crippen LogP) is 4.49. The highest BCUT2D eigenvalue weighted by atomic mass is 79.9. The molecule has 16 heavy (non-hydrogen) atoms. The van der Waals surface area contributed by atoms with Crippen LogP contribution >= 0.6 is 27.7 Å². The molecule has 0 unspecified atom stereocenters. The zero-order valence-corrected chi connectivity index (χ0v) is 11.3. The second kappa shape index (κ2) is 4.93. The molecular formula is C13H12BrNS. The van der Waals surface area contributed by atoms with Gasteiger partial charge in [-0.2, -0.15) is 0 Å². The standard InChI is InChI=1S/C13H12BrNS/c1-9-12(15)6-3-7-13(9)16-11-5-2-4-10(14)8-11/h2-8H,15H2,1H3. The molecular weight excluding hydrogens is 282 g/mol. The van der Waals surface area contributed by atoms with Gasteiger partial charge in [0.25, 0.3) is 0 Å². The summed E-state index contributed by atoms with van der Waals surface area (Å²) in [5, 5.41) is 0. The normalized spacial score (nSPS) is 10.4. The SMILES string of the molecule is Cc1c(N)cccc1Sc1cccc(Br)c1. The van der Waals surface area contributed by atoms with E-state index in [4.69, 9.17) is 5.73 Å². The van der Waals surface area contributed by atoms with Gasteiger partial charge >= 0.3 is 0 Å². The van der Waals surface area contributed by atoms with Crippen molar-refractivity contribution in [1.29, 1.82) is 0 Å². The number of halogens is 1. The summed E-state index contributed by atoms with van der Waals surface area (Å²) in [6, 6.07) is 14.3. The lowest BCUT2D eigenvalue weighted by molar-refractivity contribution is 1.29. The number of hydrogen-bond donors (Lipinski definition) is 1. The lowest BCUT2D eigenvalue weighted by Crippen LogP contribution is -1.90. The molecule has 0 aromatic heterocycles. The Labute approximate surface area is 108 Å². The van der Waals surface area contributed by atoms with Gasteiger partial charge in [-0.25, -0.2) is 0 Å². The molecule has 82 valence electrons. The van der Waals surface area contributed by atoms with Crippen LogP contribution in [0.25, 0.3) is 0 Å². The van der Waals surface area contributed by atoms with E-state index in [1.165, 1.54) is 9.79 Å². The van der Waals surface area contributed by atoms with Gasteiger partial charge in [0, 0.05) is 20.0 Å². The Balaban J connectivity index is 2.31. The van der Waals surface area contributed by atoms with Crippen molar-refractivity contribution in [2.24, 2.45) is 0 Å². The van der Waals surface area contributed by atoms with E-state index in [9.17, 15) is 0 Å². The highest BCUT2D eigenvalue weighted by Crippen LogP contribution is 2.33. The van der Waals surface area contributed by atoms with Crippen molar-refractivity contribution in [2.75, 3.05) is 5.73 Å². The quantitative estimate of drug-likeness (QED) is 0.826. The van der Waals surface area contributed by atoms with Crippen LogP contribution in [0.15, 0.2) is 56.7 Å². The molecule has 1 nitrogen and oxygen atoms in total. The molecule has 0 spiro atoms. The molecule has 0 amide bonds. The van der Waals surface area contributed by atoms with Gasteiger partial charge in [0.05, 0.1) is 0 Å². The van der Waals surface area contributed by atoms with E-state index >= 15 is 0 Å². The van der Waals surface area contributed by atoms with E-state index in [-0.39, 0.29) is 0 Å². The Morgan fingerprint density at radius 2 is 1.88 bits per heavy atom. The van der Waals surface area contributed by atoms with Gasteiger partial charge < -0.3 is 5.73 Å². The van der Waals surface area contributed by atoms with Crippen molar-refractivity contribution >= 4 is 33.4 Å². The van der Waals surface area contributed by atoms with Crippen molar-refractivity contribution in [2.45, 2.75) is 16.7 Å². The largest absolute Gasteiger partial charge is 0.398 e. The van der Waals surface area contributed by atoms with Crippen LogP contribution in [0.4, 0.5) is 5.69 Å². The molecule has 2 rings (SSSR count). The van der Waals surface area contributed by atoms with Crippen molar-refractivity contribution < 1.29 is 0 Å². The monoisotopic (exact) mass is 293 g/mol. The summed E-state index contributed by atoms with van der Waals surface area (Å²) in [5.74, 6) is 0. The van der Waals surface area contributed by atoms with Crippen LogP contribution in [0, 0.1) is 6.92 Å². The number of rotatable bonds is 2. The topological polar surface area (TPSA) is 26.0 Å². The van der Waals surface area contributed by atoms with Gasteiger partial charge in [-0.3, -0.25) is 0 Å². The molecule has 0 fully saturated rings. The minimum Gasteiger partial charge on any atom is -0.398 e. The van der Waals surface area contributed by atoms with E-state index in [1.54, 1.807) is 11.8 Å². The second-order valence-electron chi connectivity index (χ2n) is 3.53. The van der Waals surface area contributed by atoms with E-state index in [1.807, 2.05) is 24.3 Å². The number of nitrogens with two attached hydrogens (primary N) is 1. The summed E-state index contributed by atoms with van der Waals surface area (Å²) in [7, 11) is 0. The van der Waals surface area contributed by atoms with Crippen LogP contribution < -0.4 is 5.73 Å². The molecule has 3 heteroatoms. The molecule has 0 aliphatic carbocycles. The smallest absolute Gasteiger partial charge is 0.0355 e. The molecule has 2 aromatic carbocycles. The Bertz CT molecular complexity index is 511. The number of benzene rings is 2. The third-order valence-corrected chi connectivity index (χ3v) is 3.99. The molecule has 0 saturated carbocycles. The summed E-state index contributed by atoms with van der Waals surface area (Å²) in [6.07, 6.45) is 0. The fraction of sp³-hybridized carbons (Fsp3) is 0.0769.